The normalized spacial score (nSPS) is 17.2. The molecule has 1 aliphatic heterocycles. The van der Waals surface area contributed by atoms with Crippen LogP contribution >= 0.6 is 15.9 Å². The number of carbonyl (C=O) groups is 1. The minimum atomic E-state index is -0.399. The van der Waals surface area contributed by atoms with Gasteiger partial charge in [0.25, 0.3) is 5.91 Å². The first-order chi connectivity index (χ1) is 9.90. The molecule has 1 saturated heterocycles. The maximum absolute atomic E-state index is 13.6. The zero-order valence-corrected chi connectivity index (χ0v) is 14.4. The Labute approximate surface area is 134 Å². The SMILES string of the molecule is CC(C)N1CCC(N(C)C(=O)c2ccc(Br)c(F)c2)CC1. The van der Waals surface area contributed by atoms with E-state index in [2.05, 4.69) is 34.7 Å². The number of amides is 1. The average Bonchev–Trinajstić information content (AvgIpc) is 2.48. The molecule has 1 aromatic rings. The van der Waals surface area contributed by atoms with Crippen molar-refractivity contribution in [1.82, 2.24) is 9.80 Å². The van der Waals surface area contributed by atoms with Crippen LogP contribution in [0.5, 0.6) is 0 Å². The molecule has 0 spiro atoms. The highest BCUT2D eigenvalue weighted by Gasteiger charge is 2.27. The van der Waals surface area contributed by atoms with Crippen molar-refractivity contribution in [2.75, 3.05) is 20.1 Å². The van der Waals surface area contributed by atoms with E-state index < -0.39 is 5.82 Å². The monoisotopic (exact) mass is 356 g/mol. The summed E-state index contributed by atoms with van der Waals surface area (Å²) >= 11 is 3.11. The Bertz CT molecular complexity index is 513. The van der Waals surface area contributed by atoms with Gasteiger partial charge in [-0.25, -0.2) is 4.39 Å². The molecule has 0 aromatic heterocycles. The zero-order chi connectivity index (χ0) is 15.6. The third kappa shape index (κ3) is 3.83. The molecular formula is C16H22BrFN2O. The quantitative estimate of drug-likeness (QED) is 0.826. The number of benzene rings is 1. The highest BCUT2D eigenvalue weighted by atomic mass is 79.9. The molecule has 116 valence electrons. The van der Waals surface area contributed by atoms with E-state index in [1.165, 1.54) is 6.07 Å². The maximum atomic E-state index is 13.6. The summed E-state index contributed by atoms with van der Waals surface area (Å²) in [6, 6.07) is 5.32. The van der Waals surface area contributed by atoms with E-state index in [1.807, 2.05) is 7.05 Å². The molecular weight excluding hydrogens is 335 g/mol. The van der Waals surface area contributed by atoms with Crippen LogP contribution in [0, 0.1) is 5.82 Å². The standard InChI is InChI=1S/C16H22BrFN2O/c1-11(2)20-8-6-13(7-9-20)19(3)16(21)12-4-5-14(17)15(18)10-12/h4-5,10-11,13H,6-9H2,1-3H3. The van der Waals surface area contributed by atoms with E-state index in [1.54, 1.807) is 17.0 Å². The van der Waals surface area contributed by atoms with Crippen molar-refractivity contribution in [3.05, 3.63) is 34.1 Å². The van der Waals surface area contributed by atoms with Crippen molar-refractivity contribution < 1.29 is 9.18 Å². The number of carbonyl (C=O) groups excluding carboxylic acids is 1. The first kappa shape index (κ1) is 16.4. The van der Waals surface area contributed by atoms with Crippen molar-refractivity contribution in [1.29, 1.82) is 0 Å². The summed E-state index contributed by atoms with van der Waals surface area (Å²) in [5.41, 5.74) is 0.407. The molecule has 0 bridgehead atoms. The first-order valence-electron chi connectivity index (χ1n) is 7.36. The van der Waals surface area contributed by atoms with Gasteiger partial charge in [0, 0.05) is 37.8 Å². The van der Waals surface area contributed by atoms with E-state index in [9.17, 15) is 9.18 Å². The summed E-state index contributed by atoms with van der Waals surface area (Å²) in [5.74, 6) is -0.506. The number of halogens is 2. The lowest BCUT2D eigenvalue weighted by molar-refractivity contribution is 0.0615. The molecule has 0 saturated carbocycles. The van der Waals surface area contributed by atoms with Crippen molar-refractivity contribution >= 4 is 21.8 Å². The summed E-state index contributed by atoms with van der Waals surface area (Å²) in [4.78, 5) is 16.6. The Morgan fingerprint density at radius 2 is 2.00 bits per heavy atom. The number of piperidine rings is 1. The Morgan fingerprint density at radius 1 is 1.38 bits per heavy atom. The van der Waals surface area contributed by atoms with Crippen LogP contribution in [0.3, 0.4) is 0 Å². The molecule has 2 rings (SSSR count). The van der Waals surface area contributed by atoms with Gasteiger partial charge in [-0.1, -0.05) is 0 Å². The fourth-order valence-electron chi connectivity index (χ4n) is 2.79. The molecule has 1 aromatic carbocycles. The van der Waals surface area contributed by atoms with Gasteiger partial charge < -0.3 is 9.80 Å². The van der Waals surface area contributed by atoms with Crippen LogP contribution in [0.4, 0.5) is 4.39 Å². The molecule has 0 N–H and O–H groups in total. The van der Waals surface area contributed by atoms with Crippen LogP contribution in [-0.4, -0.2) is 47.9 Å². The van der Waals surface area contributed by atoms with Crippen molar-refractivity contribution in [2.24, 2.45) is 0 Å². The van der Waals surface area contributed by atoms with E-state index in [-0.39, 0.29) is 11.9 Å². The van der Waals surface area contributed by atoms with Crippen molar-refractivity contribution in [3.63, 3.8) is 0 Å². The van der Waals surface area contributed by atoms with Gasteiger partial charge in [-0.2, -0.15) is 0 Å². The molecule has 5 heteroatoms. The molecule has 0 radical (unpaired) electrons. The molecule has 21 heavy (non-hydrogen) atoms. The van der Waals surface area contributed by atoms with Crippen LogP contribution in [0.15, 0.2) is 22.7 Å². The smallest absolute Gasteiger partial charge is 0.253 e. The van der Waals surface area contributed by atoms with Gasteiger partial charge in [-0.3, -0.25) is 4.79 Å². The molecule has 1 heterocycles. The predicted octanol–water partition coefficient (Wildman–Crippen LogP) is 3.53. The highest BCUT2D eigenvalue weighted by Crippen LogP contribution is 2.21. The number of hydrogen-bond acceptors (Lipinski definition) is 2. The van der Waals surface area contributed by atoms with E-state index in [4.69, 9.17) is 0 Å². The van der Waals surface area contributed by atoms with Gasteiger partial charge >= 0.3 is 0 Å². The van der Waals surface area contributed by atoms with E-state index in [0.717, 1.165) is 25.9 Å². The predicted molar refractivity (Wildman–Crippen MR) is 85.9 cm³/mol. The minimum Gasteiger partial charge on any atom is -0.339 e. The number of hydrogen-bond donors (Lipinski definition) is 0. The second kappa shape index (κ2) is 6.88. The Balaban J connectivity index is 2.01. The Hall–Kier alpha value is -0.940. The minimum absolute atomic E-state index is 0.107. The van der Waals surface area contributed by atoms with Crippen molar-refractivity contribution in [3.8, 4) is 0 Å². The zero-order valence-electron chi connectivity index (χ0n) is 12.8. The average molecular weight is 357 g/mol. The van der Waals surface area contributed by atoms with Crippen LogP contribution in [0.25, 0.3) is 0 Å². The van der Waals surface area contributed by atoms with Crippen LogP contribution in [-0.2, 0) is 0 Å². The van der Waals surface area contributed by atoms with Gasteiger partial charge in [0.05, 0.1) is 4.47 Å². The van der Waals surface area contributed by atoms with Gasteiger partial charge in [0.1, 0.15) is 5.82 Å². The van der Waals surface area contributed by atoms with Crippen LogP contribution in [0.2, 0.25) is 0 Å². The van der Waals surface area contributed by atoms with E-state index >= 15 is 0 Å². The summed E-state index contributed by atoms with van der Waals surface area (Å²) in [7, 11) is 1.82. The third-order valence-electron chi connectivity index (χ3n) is 4.26. The fourth-order valence-corrected chi connectivity index (χ4v) is 3.03. The topological polar surface area (TPSA) is 23.6 Å². The van der Waals surface area contributed by atoms with Crippen LogP contribution in [0.1, 0.15) is 37.0 Å². The van der Waals surface area contributed by atoms with E-state index in [0.29, 0.717) is 16.1 Å². The third-order valence-corrected chi connectivity index (χ3v) is 4.91. The Morgan fingerprint density at radius 3 is 2.52 bits per heavy atom. The largest absolute Gasteiger partial charge is 0.339 e. The summed E-state index contributed by atoms with van der Waals surface area (Å²) < 4.78 is 13.9. The van der Waals surface area contributed by atoms with Gasteiger partial charge in [0.2, 0.25) is 0 Å². The molecule has 1 aliphatic rings. The lowest BCUT2D eigenvalue weighted by Gasteiger charge is -2.38. The fraction of sp³-hybridized carbons (Fsp3) is 0.562. The molecule has 0 aliphatic carbocycles. The molecule has 0 unspecified atom stereocenters. The summed E-state index contributed by atoms with van der Waals surface area (Å²) in [6.45, 7) is 6.41. The van der Waals surface area contributed by atoms with Gasteiger partial charge in [-0.05, 0) is 60.8 Å². The first-order valence-corrected chi connectivity index (χ1v) is 8.15. The maximum Gasteiger partial charge on any atom is 0.253 e. The lowest BCUT2D eigenvalue weighted by Crippen LogP contribution is -2.47. The molecule has 1 fully saturated rings. The summed E-state index contributed by atoms with van der Waals surface area (Å²) in [6.07, 6.45) is 1.94. The lowest BCUT2D eigenvalue weighted by atomic mass is 10.0. The second-order valence-electron chi connectivity index (χ2n) is 5.91. The Kier molecular flexibility index (Phi) is 5.38. The molecule has 1 amide bonds. The van der Waals surface area contributed by atoms with Gasteiger partial charge in [-0.15, -0.1) is 0 Å². The molecule has 3 nitrogen and oxygen atoms in total. The number of nitrogens with zero attached hydrogens (tertiary/aromatic N) is 2. The van der Waals surface area contributed by atoms with Gasteiger partial charge in [0.15, 0.2) is 0 Å². The molecule has 0 atom stereocenters. The summed E-state index contributed by atoms with van der Waals surface area (Å²) in [5, 5.41) is 0. The number of rotatable bonds is 3. The number of likely N-dealkylation sites (tertiary alicyclic amines) is 1. The second-order valence-corrected chi connectivity index (χ2v) is 6.76. The highest BCUT2D eigenvalue weighted by molar-refractivity contribution is 9.10. The van der Waals surface area contributed by atoms with Crippen LogP contribution < -0.4 is 0 Å². The van der Waals surface area contributed by atoms with Crippen molar-refractivity contribution in [2.45, 2.75) is 38.8 Å².